The molecule has 8 nitrogen and oxygen atoms in total. The number of hydrogen-bond donors (Lipinski definition) is 4. The fourth-order valence-electron chi connectivity index (χ4n) is 5.77. The summed E-state index contributed by atoms with van der Waals surface area (Å²) < 4.78 is 0. The first kappa shape index (κ1) is 27.1. The zero-order chi connectivity index (χ0) is 26.4. The quantitative estimate of drug-likeness (QED) is 0.446. The Bertz CT molecular complexity index is 1160. The normalized spacial score (nSPS) is 18.4. The van der Waals surface area contributed by atoms with Gasteiger partial charge in [-0.2, -0.15) is 0 Å². The molecule has 2 aliphatic rings. The zero-order valence-electron chi connectivity index (χ0n) is 22.0. The van der Waals surface area contributed by atoms with Crippen LogP contribution in [0.2, 0.25) is 0 Å². The first-order chi connectivity index (χ1) is 18.0. The van der Waals surface area contributed by atoms with E-state index in [1.807, 2.05) is 25.1 Å². The summed E-state index contributed by atoms with van der Waals surface area (Å²) in [5, 5.41) is 22.2. The number of aromatic amines is 1. The maximum absolute atomic E-state index is 13.4. The van der Waals surface area contributed by atoms with Crippen molar-refractivity contribution in [3.63, 3.8) is 0 Å². The predicted molar refractivity (Wildman–Crippen MR) is 146 cm³/mol. The summed E-state index contributed by atoms with van der Waals surface area (Å²) in [4.78, 5) is 33.5. The summed E-state index contributed by atoms with van der Waals surface area (Å²) in [6, 6.07) is 8.03. The molecule has 8 heteroatoms. The van der Waals surface area contributed by atoms with Crippen molar-refractivity contribution in [2.75, 3.05) is 37.7 Å². The number of anilines is 1. The number of carbonyl (C=O) groups excluding carboxylic acids is 1. The highest BCUT2D eigenvalue weighted by molar-refractivity contribution is 5.97. The van der Waals surface area contributed by atoms with Gasteiger partial charge in [-0.15, -0.1) is 0 Å². The molecule has 1 fully saturated rings. The van der Waals surface area contributed by atoms with Crippen LogP contribution in [0.4, 0.5) is 5.69 Å². The highest BCUT2D eigenvalue weighted by Crippen LogP contribution is 2.30. The molecular formula is C29H40N4O4. The van der Waals surface area contributed by atoms with E-state index in [-0.39, 0.29) is 37.3 Å². The minimum Gasteiger partial charge on any atom is -0.395 e. The van der Waals surface area contributed by atoms with Crippen molar-refractivity contribution in [3.8, 4) is 0 Å². The summed E-state index contributed by atoms with van der Waals surface area (Å²) in [5.74, 6) is -0.170. The second-order valence-electron chi connectivity index (χ2n) is 10.1. The van der Waals surface area contributed by atoms with Gasteiger partial charge in [0, 0.05) is 54.7 Å². The smallest absolute Gasteiger partial charge is 0.253 e. The number of rotatable bonds is 6. The van der Waals surface area contributed by atoms with E-state index >= 15 is 0 Å². The van der Waals surface area contributed by atoms with Gasteiger partial charge in [0.25, 0.3) is 11.5 Å². The van der Waals surface area contributed by atoms with Gasteiger partial charge in [-0.1, -0.05) is 18.2 Å². The first-order valence-electron chi connectivity index (χ1n) is 13.5. The molecule has 1 saturated heterocycles. The van der Waals surface area contributed by atoms with Crippen LogP contribution in [0.5, 0.6) is 0 Å². The van der Waals surface area contributed by atoms with E-state index < -0.39 is 0 Å². The third-order valence-corrected chi connectivity index (χ3v) is 7.78. The number of amides is 1. The van der Waals surface area contributed by atoms with Crippen molar-refractivity contribution in [1.82, 2.24) is 15.2 Å². The fourth-order valence-corrected chi connectivity index (χ4v) is 5.77. The van der Waals surface area contributed by atoms with Gasteiger partial charge in [0.1, 0.15) is 0 Å². The lowest BCUT2D eigenvalue weighted by Crippen LogP contribution is -2.50. The zero-order valence-corrected chi connectivity index (χ0v) is 22.0. The van der Waals surface area contributed by atoms with Crippen LogP contribution in [0.3, 0.4) is 0 Å². The molecule has 2 aromatic rings. The number of nitrogens with zero attached hydrogens (tertiary/aromatic N) is 2. The molecule has 200 valence electrons. The molecule has 4 rings (SSSR count). The van der Waals surface area contributed by atoms with Gasteiger partial charge >= 0.3 is 0 Å². The molecule has 1 aromatic heterocycles. The standard InChI is InChI=1S/C29H40N4O4/c1-3-33(22-12-14-32(15-13-22)23(18-34)19-35)27-11-7-10-25-24(27)9-6-4-5-8-21-16-20(2)31-29(37)26(21)17-30-28(25)36/h4,6-7,10-11,16,22-23,34-35H,3,5,8-9,12-15,17-19H2,1-2H3,(H,30,36)(H,31,37)/b6-4-. The Morgan fingerprint density at radius 3 is 2.57 bits per heavy atom. The van der Waals surface area contributed by atoms with Crippen molar-refractivity contribution >= 4 is 11.6 Å². The van der Waals surface area contributed by atoms with Crippen molar-refractivity contribution < 1.29 is 15.0 Å². The van der Waals surface area contributed by atoms with E-state index in [9.17, 15) is 19.8 Å². The molecule has 0 atom stereocenters. The van der Waals surface area contributed by atoms with E-state index in [1.165, 1.54) is 0 Å². The molecule has 0 aliphatic carbocycles. The van der Waals surface area contributed by atoms with Crippen molar-refractivity contribution in [2.24, 2.45) is 0 Å². The van der Waals surface area contributed by atoms with Crippen LogP contribution in [0.15, 0.2) is 41.2 Å². The highest BCUT2D eigenvalue weighted by Gasteiger charge is 2.29. The average molecular weight is 509 g/mol. The summed E-state index contributed by atoms with van der Waals surface area (Å²) >= 11 is 0. The molecule has 0 bridgehead atoms. The SMILES string of the molecule is CCN(c1cccc2c1C/C=C\CCc1cc(C)[nH]c(=O)c1CNC2=O)C1CCN(C(CO)CO)CC1. The Hall–Kier alpha value is -2.94. The maximum Gasteiger partial charge on any atom is 0.253 e. The number of carbonyl (C=O) groups is 1. The van der Waals surface area contributed by atoms with Crippen molar-refractivity contribution in [2.45, 2.75) is 64.6 Å². The number of H-pyrrole nitrogens is 1. The van der Waals surface area contributed by atoms with E-state index in [2.05, 4.69) is 45.2 Å². The number of nitrogens with one attached hydrogen (secondary N) is 2. The fraction of sp³-hybridized carbons (Fsp3) is 0.517. The lowest BCUT2D eigenvalue weighted by Gasteiger charge is -2.42. The summed E-state index contributed by atoms with van der Waals surface area (Å²) in [5.41, 5.74) is 5.01. The highest BCUT2D eigenvalue weighted by atomic mass is 16.3. The molecule has 37 heavy (non-hydrogen) atoms. The van der Waals surface area contributed by atoms with Crippen LogP contribution >= 0.6 is 0 Å². The number of hydrogen-bond acceptors (Lipinski definition) is 6. The van der Waals surface area contributed by atoms with Crippen LogP contribution < -0.4 is 15.8 Å². The molecule has 0 saturated carbocycles. The van der Waals surface area contributed by atoms with Crippen molar-refractivity contribution in [3.05, 3.63) is 74.7 Å². The maximum atomic E-state index is 13.4. The van der Waals surface area contributed by atoms with Gasteiger partial charge in [0.2, 0.25) is 0 Å². The van der Waals surface area contributed by atoms with Gasteiger partial charge in [-0.3, -0.25) is 14.5 Å². The van der Waals surface area contributed by atoms with Gasteiger partial charge in [0.15, 0.2) is 0 Å². The lowest BCUT2D eigenvalue weighted by molar-refractivity contribution is 0.0568. The average Bonchev–Trinajstić information content (AvgIpc) is 2.89. The third-order valence-electron chi connectivity index (χ3n) is 7.78. The minimum absolute atomic E-state index is 0.0394. The molecule has 0 unspecified atom stereocenters. The number of aromatic nitrogens is 1. The number of aryl methyl sites for hydroxylation is 2. The second-order valence-corrected chi connectivity index (χ2v) is 10.1. The number of pyridine rings is 1. The number of fused-ring (bicyclic) bond motifs is 2. The second kappa shape index (κ2) is 12.5. The molecule has 2 aliphatic heterocycles. The van der Waals surface area contributed by atoms with Gasteiger partial charge < -0.3 is 25.4 Å². The van der Waals surface area contributed by atoms with Crippen LogP contribution in [-0.2, 0) is 19.4 Å². The van der Waals surface area contributed by atoms with Crippen LogP contribution in [0.25, 0.3) is 0 Å². The van der Waals surface area contributed by atoms with Gasteiger partial charge in [0.05, 0.1) is 19.3 Å². The number of aliphatic hydroxyl groups is 2. The van der Waals surface area contributed by atoms with Gasteiger partial charge in [-0.05, 0) is 75.3 Å². The summed E-state index contributed by atoms with van der Waals surface area (Å²) in [6.45, 7) is 6.59. The molecule has 0 radical (unpaired) electrons. The summed E-state index contributed by atoms with van der Waals surface area (Å²) in [7, 11) is 0. The monoisotopic (exact) mass is 508 g/mol. The number of allylic oxidation sites excluding steroid dienone is 2. The molecule has 1 amide bonds. The Morgan fingerprint density at radius 2 is 1.86 bits per heavy atom. The van der Waals surface area contributed by atoms with Crippen LogP contribution in [-0.4, -0.2) is 70.9 Å². The number of aliphatic hydroxyl groups excluding tert-OH is 2. The van der Waals surface area contributed by atoms with E-state index in [0.29, 0.717) is 23.6 Å². The number of piperidine rings is 1. The van der Waals surface area contributed by atoms with E-state index in [4.69, 9.17) is 0 Å². The molecule has 3 heterocycles. The Kier molecular flexibility index (Phi) is 9.18. The van der Waals surface area contributed by atoms with Crippen molar-refractivity contribution in [1.29, 1.82) is 0 Å². The van der Waals surface area contributed by atoms with Crippen LogP contribution in [0, 0.1) is 6.92 Å². The Balaban J connectivity index is 1.61. The lowest BCUT2D eigenvalue weighted by atomic mass is 9.95. The molecule has 0 spiro atoms. The Morgan fingerprint density at radius 1 is 1.11 bits per heavy atom. The summed E-state index contributed by atoms with van der Waals surface area (Å²) in [6.07, 6.45) is 8.38. The predicted octanol–water partition coefficient (Wildman–Crippen LogP) is 2.30. The minimum atomic E-state index is -0.205. The topological polar surface area (TPSA) is 109 Å². The molecule has 1 aromatic carbocycles. The molecule has 4 N–H and O–H groups in total. The Labute approximate surface area is 219 Å². The van der Waals surface area contributed by atoms with E-state index in [0.717, 1.165) is 67.8 Å². The third kappa shape index (κ3) is 6.14. The van der Waals surface area contributed by atoms with Gasteiger partial charge in [-0.25, -0.2) is 0 Å². The number of likely N-dealkylation sites (tertiary alicyclic amines) is 1. The largest absolute Gasteiger partial charge is 0.395 e. The molecular weight excluding hydrogens is 468 g/mol. The van der Waals surface area contributed by atoms with E-state index in [1.54, 1.807) is 0 Å². The first-order valence-corrected chi connectivity index (χ1v) is 13.5. The number of benzene rings is 1. The van der Waals surface area contributed by atoms with Crippen LogP contribution in [0.1, 0.15) is 58.9 Å².